The van der Waals surface area contributed by atoms with Crippen LogP contribution in [0.2, 0.25) is 0 Å². The van der Waals surface area contributed by atoms with Crippen molar-refractivity contribution in [1.82, 2.24) is 5.32 Å². The molecule has 2 fully saturated rings. The maximum absolute atomic E-state index is 12.6. The molecule has 1 aliphatic carbocycles. The third kappa shape index (κ3) is 3.24. The van der Waals surface area contributed by atoms with Gasteiger partial charge in [0.1, 0.15) is 5.41 Å². The van der Waals surface area contributed by atoms with Crippen molar-refractivity contribution in [3.8, 4) is 0 Å². The second kappa shape index (κ2) is 6.32. The topological polar surface area (TPSA) is 67.4 Å². The van der Waals surface area contributed by atoms with Crippen LogP contribution in [0.15, 0.2) is 18.2 Å². The molecule has 3 rings (SSSR count). The predicted molar refractivity (Wildman–Crippen MR) is 88.2 cm³/mol. The van der Waals surface area contributed by atoms with E-state index >= 15 is 0 Å². The summed E-state index contributed by atoms with van der Waals surface area (Å²) in [6, 6.07) is 5.79. The third-order valence-electron chi connectivity index (χ3n) is 4.99. The Morgan fingerprint density at radius 1 is 1.26 bits per heavy atom. The van der Waals surface area contributed by atoms with Crippen LogP contribution in [0.1, 0.15) is 36.8 Å². The fourth-order valence-electron chi connectivity index (χ4n) is 2.99. The highest BCUT2D eigenvalue weighted by Gasteiger charge is 2.56. The Balaban J connectivity index is 1.61. The Morgan fingerprint density at radius 3 is 2.70 bits per heavy atom. The standard InChI is InChI=1S/C18H24N2O3/c1-12-5-3-7-15(13(12)2)20-17(22)18(8-9-18)16(21)19-11-14-6-4-10-23-14/h3,5,7,14H,4,6,8-11H2,1-2H3,(H,19,21)(H,20,22). The van der Waals surface area contributed by atoms with Gasteiger partial charge in [-0.05, 0) is 56.7 Å². The normalized spacial score (nSPS) is 21.7. The van der Waals surface area contributed by atoms with Crippen LogP contribution in [0.3, 0.4) is 0 Å². The number of nitrogens with one attached hydrogen (secondary N) is 2. The van der Waals surface area contributed by atoms with E-state index in [-0.39, 0.29) is 17.9 Å². The Morgan fingerprint density at radius 2 is 2.04 bits per heavy atom. The van der Waals surface area contributed by atoms with Gasteiger partial charge < -0.3 is 15.4 Å². The first-order valence-corrected chi connectivity index (χ1v) is 8.30. The van der Waals surface area contributed by atoms with Crippen LogP contribution in [-0.2, 0) is 14.3 Å². The minimum atomic E-state index is -0.894. The summed E-state index contributed by atoms with van der Waals surface area (Å²) in [5, 5.41) is 5.83. The summed E-state index contributed by atoms with van der Waals surface area (Å²) in [5.74, 6) is -0.369. The number of aryl methyl sites for hydroxylation is 1. The van der Waals surface area contributed by atoms with E-state index in [0.29, 0.717) is 19.4 Å². The van der Waals surface area contributed by atoms with Crippen molar-refractivity contribution >= 4 is 17.5 Å². The smallest absolute Gasteiger partial charge is 0.240 e. The summed E-state index contributed by atoms with van der Waals surface area (Å²) in [7, 11) is 0. The molecule has 5 heteroatoms. The number of ether oxygens (including phenoxy) is 1. The summed E-state index contributed by atoms with van der Waals surface area (Å²) in [6.45, 7) is 5.24. The quantitative estimate of drug-likeness (QED) is 0.819. The van der Waals surface area contributed by atoms with Gasteiger partial charge in [0, 0.05) is 18.8 Å². The van der Waals surface area contributed by atoms with Gasteiger partial charge in [-0.3, -0.25) is 9.59 Å². The molecule has 1 aliphatic heterocycles. The minimum absolute atomic E-state index is 0.0943. The summed E-state index contributed by atoms with van der Waals surface area (Å²) in [4.78, 5) is 25.0. The molecular weight excluding hydrogens is 292 g/mol. The average molecular weight is 316 g/mol. The van der Waals surface area contributed by atoms with E-state index in [1.165, 1.54) is 0 Å². The van der Waals surface area contributed by atoms with E-state index in [4.69, 9.17) is 4.74 Å². The van der Waals surface area contributed by atoms with Gasteiger partial charge in [0.15, 0.2) is 0 Å². The SMILES string of the molecule is Cc1cccc(NC(=O)C2(C(=O)NCC3CCCO3)CC2)c1C. The maximum Gasteiger partial charge on any atom is 0.240 e. The number of amides is 2. The van der Waals surface area contributed by atoms with Crippen molar-refractivity contribution in [3.63, 3.8) is 0 Å². The molecule has 0 radical (unpaired) electrons. The van der Waals surface area contributed by atoms with Gasteiger partial charge in [0.2, 0.25) is 11.8 Å². The van der Waals surface area contributed by atoms with Crippen LogP contribution in [0, 0.1) is 19.3 Å². The molecule has 1 atom stereocenters. The molecule has 0 spiro atoms. The zero-order chi connectivity index (χ0) is 16.4. The second-order valence-electron chi connectivity index (χ2n) is 6.63. The number of carbonyl (C=O) groups excluding carboxylic acids is 2. The Labute approximate surface area is 136 Å². The van der Waals surface area contributed by atoms with Gasteiger partial charge in [0.25, 0.3) is 0 Å². The molecule has 2 N–H and O–H groups in total. The van der Waals surface area contributed by atoms with E-state index in [0.717, 1.165) is 36.3 Å². The summed E-state index contributed by atoms with van der Waals surface area (Å²) < 4.78 is 5.51. The fourth-order valence-corrected chi connectivity index (χ4v) is 2.99. The van der Waals surface area contributed by atoms with E-state index < -0.39 is 5.41 Å². The average Bonchev–Trinajstić information content (AvgIpc) is 3.19. The van der Waals surface area contributed by atoms with Crippen LogP contribution >= 0.6 is 0 Å². The summed E-state index contributed by atoms with van der Waals surface area (Å²) in [5.41, 5.74) is 2.05. The molecule has 2 amide bonds. The first-order chi connectivity index (χ1) is 11.0. The highest BCUT2D eigenvalue weighted by Crippen LogP contribution is 2.47. The van der Waals surface area contributed by atoms with Gasteiger partial charge in [-0.2, -0.15) is 0 Å². The number of anilines is 1. The van der Waals surface area contributed by atoms with Crippen LogP contribution in [0.4, 0.5) is 5.69 Å². The number of benzene rings is 1. The molecule has 0 aromatic heterocycles. The molecule has 1 aromatic carbocycles. The molecular formula is C18H24N2O3. The van der Waals surface area contributed by atoms with Crippen LogP contribution in [0.5, 0.6) is 0 Å². The van der Waals surface area contributed by atoms with Gasteiger partial charge >= 0.3 is 0 Å². The maximum atomic E-state index is 12.6. The predicted octanol–water partition coefficient (Wildman–Crippen LogP) is 2.32. The van der Waals surface area contributed by atoms with E-state index in [1.807, 2.05) is 32.0 Å². The Kier molecular flexibility index (Phi) is 4.39. The zero-order valence-electron chi connectivity index (χ0n) is 13.8. The van der Waals surface area contributed by atoms with E-state index in [1.54, 1.807) is 0 Å². The lowest BCUT2D eigenvalue weighted by molar-refractivity contribution is -0.134. The number of hydrogen-bond donors (Lipinski definition) is 2. The van der Waals surface area contributed by atoms with Crippen LogP contribution in [0.25, 0.3) is 0 Å². The molecule has 1 saturated heterocycles. The summed E-state index contributed by atoms with van der Waals surface area (Å²) in [6.07, 6.45) is 3.33. The highest BCUT2D eigenvalue weighted by molar-refractivity contribution is 6.13. The molecule has 5 nitrogen and oxygen atoms in total. The van der Waals surface area contributed by atoms with Gasteiger partial charge in [-0.15, -0.1) is 0 Å². The Bertz CT molecular complexity index is 617. The molecule has 2 aliphatic rings. The monoisotopic (exact) mass is 316 g/mol. The van der Waals surface area contributed by atoms with Crippen molar-refractivity contribution in [3.05, 3.63) is 29.3 Å². The van der Waals surface area contributed by atoms with Crippen LogP contribution < -0.4 is 10.6 Å². The lowest BCUT2D eigenvalue weighted by atomic mass is 10.0. The van der Waals surface area contributed by atoms with Gasteiger partial charge in [0.05, 0.1) is 6.10 Å². The van der Waals surface area contributed by atoms with Crippen molar-refractivity contribution in [2.75, 3.05) is 18.5 Å². The molecule has 23 heavy (non-hydrogen) atoms. The molecule has 1 unspecified atom stereocenters. The van der Waals surface area contributed by atoms with E-state index in [9.17, 15) is 9.59 Å². The first kappa shape index (κ1) is 16.0. The second-order valence-corrected chi connectivity index (χ2v) is 6.63. The van der Waals surface area contributed by atoms with Crippen molar-refractivity contribution < 1.29 is 14.3 Å². The Hall–Kier alpha value is -1.88. The molecule has 1 heterocycles. The number of hydrogen-bond acceptors (Lipinski definition) is 3. The molecule has 1 aromatic rings. The summed E-state index contributed by atoms with van der Waals surface area (Å²) >= 11 is 0. The van der Waals surface area contributed by atoms with Gasteiger partial charge in [-0.1, -0.05) is 12.1 Å². The lowest BCUT2D eigenvalue weighted by Gasteiger charge is -2.18. The minimum Gasteiger partial charge on any atom is -0.376 e. The zero-order valence-corrected chi connectivity index (χ0v) is 13.8. The molecule has 0 bridgehead atoms. The van der Waals surface area contributed by atoms with E-state index in [2.05, 4.69) is 10.6 Å². The van der Waals surface area contributed by atoms with Crippen molar-refractivity contribution in [2.45, 2.75) is 45.6 Å². The van der Waals surface area contributed by atoms with Crippen molar-refractivity contribution in [2.24, 2.45) is 5.41 Å². The number of carbonyl (C=O) groups is 2. The van der Waals surface area contributed by atoms with Crippen LogP contribution in [-0.4, -0.2) is 31.1 Å². The fraction of sp³-hybridized carbons (Fsp3) is 0.556. The third-order valence-corrected chi connectivity index (χ3v) is 4.99. The largest absolute Gasteiger partial charge is 0.376 e. The highest BCUT2D eigenvalue weighted by atomic mass is 16.5. The first-order valence-electron chi connectivity index (χ1n) is 8.30. The molecule has 124 valence electrons. The number of rotatable bonds is 5. The lowest BCUT2D eigenvalue weighted by Crippen LogP contribution is -2.42. The molecule has 1 saturated carbocycles. The van der Waals surface area contributed by atoms with Gasteiger partial charge in [-0.25, -0.2) is 0 Å². The van der Waals surface area contributed by atoms with Crippen molar-refractivity contribution in [1.29, 1.82) is 0 Å².